The third kappa shape index (κ3) is 3.91. The minimum Gasteiger partial charge on any atom is -0.342 e. The van der Waals surface area contributed by atoms with E-state index in [9.17, 15) is 4.57 Å². The molecule has 0 aromatic carbocycles. The molecule has 2 fully saturated rings. The molecule has 0 radical (unpaired) electrons. The van der Waals surface area contributed by atoms with Crippen molar-refractivity contribution in [3.8, 4) is 0 Å². The molecule has 2 saturated heterocycles. The van der Waals surface area contributed by atoms with E-state index in [1.54, 1.807) is 19.9 Å². The van der Waals surface area contributed by atoms with Crippen molar-refractivity contribution in [3.05, 3.63) is 11.9 Å². The van der Waals surface area contributed by atoms with Crippen molar-refractivity contribution in [2.75, 3.05) is 13.2 Å². The van der Waals surface area contributed by atoms with Gasteiger partial charge in [-0.3, -0.25) is 4.57 Å². The van der Waals surface area contributed by atoms with Gasteiger partial charge in [0.05, 0.1) is 19.3 Å². The summed E-state index contributed by atoms with van der Waals surface area (Å²) in [7, 11) is -3.17. The maximum absolute atomic E-state index is 12.3. The Morgan fingerprint density at radius 2 is 1.90 bits per heavy atom. The van der Waals surface area contributed by atoms with Gasteiger partial charge in [0.1, 0.15) is 6.10 Å². The standard InChI is InChI=1S/C13H23O6P/c1-5-15-20(14,16-6-2)8-7-10-9-11-12(17-10)19-13(3,4)18-11/h7-8,10-12H,5-6,9H2,1-4H3. The summed E-state index contributed by atoms with van der Waals surface area (Å²) in [6.07, 6.45) is 1.74. The molecular formula is C13H23O6P. The molecule has 3 atom stereocenters. The summed E-state index contributed by atoms with van der Waals surface area (Å²) in [6.45, 7) is 7.94. The van der Waals surface area contributed by atoms with E-state index in [4.69, 9.17) is 23.3 Å². The van der Waals surface area contributed by atoms with Crippen LogP contribution in [0.2, 0.25) is 0 Å². The van der Waals surface area contributed by atoms with Crippen molar-refractivity contribution in [1.82, 2.24) is 0 Å². The van der Waals surface area contributed by atoms with E-state index in [2.05, 4.69) is 0 Å². The minimum atomic E-state index is -3.17. The molecule has 0 amide bonds. The monoisotopic (exact) mass is 306 g/mol. The molecule has 0 aromatic rings. The SMILES string of the molecule is CCOP(=O)(C=CC1CC2OC(C)(C)OC2O1)OCC. The molecule has 0 spiro atoms. The Bertz CT molecular complexity index is 382. The minimum absolute atomic E-state index is 0.0850. The van der Waals surface area contributed by atoms with Crippen LogP contribution in [0.5, 0.6) is 0 Å². The molecule has 0 saturated carbocycles. The van der Waals surface area contributed by atoms with Crippen LogP contribution in [0.25, 0.3) is 0 Å². The van der Waals surface area contributed by atoms with E-state index >= 15 is 0 Å². The molecule has 20 heavy (non-hydrogen) atoms. The van der Waals surface area contributed by atoms with Crippen LogP contribution in [0.4, 0.5) is 0 Å². The summed E-state index contributed by atoms with van der Waals surface area (Å²) >= 11 is 0. The zero-order chi connectivity index (χ0) is 14.8. The lowest BCUT2D eigenvalue weighted by molar-refractivity contribution is -0.200. The number of rotatable bonds is 6. The van der Waals surface area contributed by atoms with Gasteiger partial charge in [-0.2, -0.15) is 0 Å². The van der Waals surface area contributed by atoms with E-state index in [1.807, 2.05) is 13.8 Å². The Morgan fingerprint density at radius 3 is 2.45 bits per heavy atom. The number of hydrogen-bond donors (Lipinski definition) is 0. The molecule has 2 heterocycles. The van der Waals surface area contributed by atoms with Gasteiger partial charge >= 0.3 is 7.60 Å². The van der Waals surface area contributed by atoms with Crippen molar-refractivity contribution in [1.29, 1.82) is 0 Å². The van der Waals surface area contributed by atoms with Gasteiger partial charge in [0.25, 0.3) is 0 Å². The Labute approximate surface area is 119 Å². The van der Waals surface area contributed by atoms with Crippen LogP contribution in [0, 0.1) is 0 Å². The summed E-state index contributed by atoms with van der Waals surface area (Å²) in [4.78, 5) is 0. The van der Waals surface area contributed by atoms with Crippen LogP contribution in [-0.2, 0) is 27.8 Å². The smallest absolute Gasteiger partial charge is 0.342 e. The zero-order valence-corrected chi connectivity index (χ0v) is 13.3. The van der Waals surface area contributed by atoms with E-state index < -0.39 is 13.4 Å². The average molecular weight is 306 g/mol. The second-order valence-corrected chi connectivity index (χ2v) is 7.06. The highest BCUT2D eigenvalue weighted by Gasteiger charge is 2.48. The summed E-state index contributed by atoms with van der Waals surface area (Å²) in [5, 5.41) is 0. The van der Waals surface area contributed by atoms with Gasteiger partial charge in [-0.25, -0.2) is 0 Å². The van der Waals surface area contributed by atoms with E-state index in [0.717, 1.165) is 0 Å². The molecule has 116 valence electrons. The average Bonchev–Trinajstić information content (AvgIpc) is 2.80. The van der Waals surface area contributed by atoms with Gasteiger partial charge in [-0.1, -0.05) is 0 Å². The van der Waals surface area contributed by atoms with Gasteiger partial charge in [0, 0.05) is 12.2 Å². The van der Waals surface area contributed by atoms with Crippen LogP contribution in [0.3, 0.4) is 0 Å². The molecule has 0 bridgehead atoms. The fourth-order valence-electron chi connectivity index (χ4n) is 2.34. The highest BCUT2D eigenvalue weighted by Crippen LogP contribution is 2.50. The maximum atomic E-state index is 12.3. The number of hydrogen-bond acceptors (Lipinski definition) is 6. The Balaban J connectivity index is 1.92. The summed E-state index contributed by atoms with van der Waals surface area (Å²) in [6, 6.07) is 0. The first-order chi connectivity index (χ1) is 9.37. The first-order valence-corrected chi connectivity index (χ1v) is 8.58. The molecule has 3 unspecified atom stereocenters. The fraction of sp³-hybridized carbons (Fsp3) is 0.846. The zero-order valence-electron chi connectivity index (χ0n) is 12.4. The largest absolute Gasteiger partial charge is 0.353 e. The quantitative estimate of drug-likeness (QED) is 0.703. The van der Waals surface area contributed by atoms with Gasteiger partial charge in [0.2, 0.25) is 0 Å². The van der Waals surface area contributed by atoms with Gasteiger partial charge in [0.15, 0.2) is 12.1 Å². The third-order valence-electron chi connectivity index (χ3n) is 3.01. The van der Waals surface area contributed by atoms with Gasteiger partial charge in [-0.05, 0) is 33.8 Å². The Kier molecular flexibility index (Phi) is 5.05. The van der Waals surface area contributed by atoms with Crippen molar-refractivity contribution in [3.63, 3.8) is 0 Å². The van der Waals surface area contributed by atoms with E-state index in [1.165, 1.54) is 5.82 Å². The van der Waals surface area contributed by atoms with Crippen molar-refractivity contribution >= 4 is 7.60 Å². The first kappa shape index (κ1) is 16.1. The fourth-order valence-corrected chi connectivity index (χ4v) is 3.71. The van der Waals surface area contributed by atoms with Crippen LogP contribution in [0.15, 0.2) is 11.9 Å². The second-order valence-electron chi connectivity index (χ2n) is 5.17. The first-order valence-electron chi connectivity index (χ1n) is 6.97. The van der Waals surface area contributed by atoms with Gasteiger partial charge in [-0.15, -0.1) is 0 Å². The summed E-state index contributed by atoms with van der Waals surface area (Å²) in [5.41, 5.74) is 0. The maximum Gasteiger partial charge on any atom is 0.353 e. The molecule has 0 aliphatic carbocycles. The molecule has 0 aromatic heterocycles. The molecule has 2 aliphatic rings. The summed E-state index contributed by atoms with van der Waals surface area (Å²) < 4.78 is 39.7. The second kappa shape index (κ2) is 6.26. The van der Waals surface area contributed by atoms with E-state index in [0.29, 0.717) is 19.6 Å². The number of fused-ring (bicyclic) bond motifs is 1. The van der Waals surface area contributed by atoms with Crippen LogP contribution >= 0.6 is 7.60 Å². The van der Waals surface area contributed by atoms with Crippen molar-refractivity contribution in [2.45, 2.75) is 58.4 Å². The summed E-state index contributed by atoms with van der Waals surface area (Å²) in [5.74, 6) is 0.868. The third-order valence-corrected chi connectivity index (χ3v) is 4.79. The Morgan fingerprint density at radius 1 is 1.25 bits per heavy atom. The topological polar surface area (TPSA) is 63.2 Å². The predicted octanol–water partition coefficient (Wildman–Crippen LogP) is 3.03. The van der Waals surface area contributed by atoms with Crippen molar-refractivity contribution in [2.24, 2.45) is 0 Å². The molecule has 2 rings (SSSR count). The normalized spacial score (nSPS) is 32.9. The highest BCUT2D eigenvalue weighted by molar-refractivity contribution is 7.57. The molecular weight excluding hydrogens is 283 g/mol. The Hall–Kier alpha value is -0.230. The molecule has 6 nitrogen and oxygen atoms in total. The molecule has 2 aliphatic heterocycles. The highest BCUT2D eigenvalue weighted by atomic mass is 31.2. The number of ether oxygens (including phenoxy) is 3. The van der Waals surface area contributed by atoms with Crippen LogP contribution in [-0.4, -0.2) is 37.5 Å². The predicted molar refractivity (Wildman–Crippen MR) is 73.3 cm³/mol. The lowest BCUT2D eigenvalue weighted by Gasteiger charge is -2.19. The van der Waals surface area contributed by atoms with Crippen LogP contribution < -0.4 is 0 Å². The van der Waals surface area contributed by atoms with Gasteiger partial charge < -0.3 is 23.3 Å². The molecule has 0 N–H and O–H groups in total. The molecule has 7 heteroatoms. The van der Waals surface area contributed by atoms with E-state index in [-0.39, 0.29) is 18.5 Å². The lowest BCUT2D eigenvalue weighted by atomic mass is 10.2. The lowest BCUT2D eigenvalue weighted by Crippen LogP contribution is -2.24. The van der Waals surface area contributed by atoms with Crippen LogP contribution in [0.1, 0.15) is 34.1 Å². The van der Waals surface area contributed by atoms with Crippen molar-refractivity contribution < 1.29 is 27.8 Å².